The second-order valence-corrected chi connectivity index (χ2v) is 3.48. The summed E-state index contributed by atoms with van der Waals surface area (Å²) in [6.07, 6.45) is 0. The summed E-state index contributed by atoms with van der Waals surface area (Å²) in [7, 11) is 0. The lowest BCUT2D eigenvalue weighted by Gasteiger charge is -1.98. The number of rotatable bonds is 0. The summed E-state index contributed by atoms with van der Waals surface area (Å²) >= 11 is 5.73. The Morgan fingerprint density at radius 1 is 0.867 bits per heavy atom. The molecular formula is C10H5ClN4. The zero-order chi connectivity index (χ0) is 10.3. The third kappa shape index (κ3) is 1.39. The van der Waals surface area contributed by atoms with Crippen molar-refractivity contribution in [3.63, 3.8) is 0 Å². The van der Waals surface area contributed by atoms with Gasteiger partial charge < -0.3 is 0 Å². The zero-order valence-corrected chi connectivity index (χ0v) is 8.31. The van der Waals surface area contributed by atoms with Crippen LogP contribution in [0.4, 0.5) is 0 Å². The fraction of sp³-hybridized carbons (Fsp3) is 0. The molecule has 4 nitrogen and oxygen atoms in total. The Bertz CT molecular complexity index is 653. The number of halogens is 1. The highest BCUT2D eigenvalue weighted by molar-refractivity contribution is 6.29. The first-order valence-electron chi connectivity index (χ1n) is 4.39. The molecule has 0 unspecified atom stereocenters. The first-order valence-corrected chi connectivity index (χ1v) is 4.76. The van der Waals surface area contributed by atoms with E-state index in [1.54, 1.807) is 6.07 Å². The number of aromatic nitrogens is 4. The number of hydrogen-bond donors (Lipinski definition) is 0. The van der Waals surface area contributed by atoms with Crippen molar-refractivity contribution in [1.29, 1.82) is 0 Å². The van der Waals surface area contributed by atoms with Crippen molar-refractivity contribution in [2.75, 3.05) is 0 Å². The lowest BCUT2D eigenvalue weighted by molar-refractivity contribution is 1.05. The molecule has 0 aliphatic rings. The van der Waals surface area contributed by atoms with Gasteiger partial charge in [0.05, 0.1) is 11.0 Å². The Morgan fingerprint density at radius 2 is 1.60 bits per heavy atom. The molecule has 0 atom stereocenters. The van der Waals surface area contributed by atoms with Gasteiger partial charge in [0.1, 0.15) is 5.52 Å². The van der Waals surface area contributed by atoms with Gasteiger partial charge in [0.2, 0.25) is 5.65 Å². The van der Waals surface area contributed by atoms with Gasteiger partial charge in [-0.25, -0.2) is 9.97 Å². The number of para-hydroxylation sites is 2. The van der Waals surface area contributed by atoms with E-state index in [9.17, 15) is 0 Å². The van der Waals surface area contributed by atoms with Crippen LogP contribution < -0.4 is 0 Å². The Balaban J connectivity index is 2.47. The monoisotopic (exact) mass is 216 g/mol. The van der Waals surface area contributed by atoms with E-state index in [-0.39, 0.29) is 0 Å². The SMILES string of the molecule is Clc1cc2nc3ccccc3nc2nn1. The van der Waals surface area contributed by atoms with Gasteiger partial charge in [-0.1, -0.05) is 23.7 Å². The Hall–Kier alpha value is -1.81. The molecule has 3 rings (SSSR count). The van der Waals surface area contributed by atoms with Gasteiger partial charge in [0.25, 0.3) is 0 Å². The molecule has 2 heterocycles. The van der Waals surface area contributed by atoms with Crippen LogP contribution >= 0.6 is 11.6 Å². The highest BCUT2D eigenvalue weighted by atomic mass is 35.5. The molecule has 0 spiro atoms. The van der Waals surface area contributed by atoms with Crippen LogP contribution in [0.25, 0.3) is 22.2 Å². The molecule has 15 heavy (non-hydrogen) atoms. The molecule has 0 bridgehead atoms. The van der Waals surface area contributed by atoms with Crippen LogP contribution in [0.2, 0.25) is 5.15 Å². The predicted octanol–water partition coefficient (Wildman–Crippen LogP) is 2.23. The predicted molar refractivity (Wildman–Crippen MR) is 57.6 cm³/mol. The second kappa shape index (κ2) is 3.10. The summed E-state index contributed by atoms with van der Waals surface area (Å²) < 4.78 is 0. The van der Waals surface area contributed by atoms with E-state index in [1.807, 2.05) is 24.3 Å². The summed E-state index contributed by atoms with van der Waals surface area (Å²) in [6, 6.07) is 9.27. The van der Waals surface area contributed by atoms with Crippen LogP contribution in [0.15, 0.2) is 30.3 Å². The van der Waals surface area contributed by atoms with Crippen LogP contribution in [-0.4, -0.2) is 20.2 Å². The molecule has 2 aromatic heterocycles. The van der Waals surface area contributed by atoms with Gasteiger partial charge in [-0.15, -0.1) is 10.2 Å². The highest BCUT2D eigenvalue weighted by Gasteiger charge is 2.02. The molecule has 0 radical (unpaired) electrons. The van der Waals surface area contributed by atoms with Crippen LogP contribution in [0, 0.1) is 0 Å². The molecule has 1 aromatic carbocycles. The first-order chi connectivity index (χ1) is 7.33. The van der Waals surface area contributed by atoms with E-state index in [4.69, 9.17) is 11.6 Å². The minimum Gasteiger partial charge on any atom is -0.243 e. The van der Waals surface area contributed by atoms with Crippen LogP contribution in [0.3, 0.4) is 0 Å². The van der Waals surface area contributed by atoms with Gasteiger partial charge in [-0.05, 0) is 12.1 Å². The topological polar surface area (TPSA) is 51.6 Å². The van der Waals surface area contributed by atoms with Gasteiger partial charge in [-0.3, -0.25) is 0 Å². The summed E-state index contributed by atoms with van der Waals surface area (Å²) in [5, 5.41) is 7.93. The maximum Gasteiger partial charge on any atom is 0.201 e. The maximum atomic E-state index is 5.73. The van der Waals surface area contributed by atoms with Crippen LogP contribution in [-0.2, 0) is 0 Å². The van der Waals surface area contributed by atoms with Crippen molar-refractivity contribution >= 4 is 33.8 Å². The normalized spacial score (nSPS) is 11.0. The largest absolute Gasteiger partial charge is 0.243 e. The number of benzene rings is 1. The molecular weight excluding hydrogens is 212 g/mol. The third-order valence-corrected chi connectivity index (χ3v) is 2.26. The smallest absolute Gasteiger partial charge is 0.201 e. The van der Waals surface area contributed by atoms with E-state index >= 15 is 0 Å². The van der Waals surface area contributed by atoms with E-state index < -0.39 is 0 Å². The van der Waals surface area contributed by atoms with Gasteiger partial charge >= 0.3 is 0 Å². The number of fused-ring (bicyclic) bond motifs is 2. The molecule has 0 aliphatic heterocycles. The van der Waals surface area contributed by atoms with Gasteiger partial charge in [0.15, 0.2) is 5.15 Å². The van der Waals surface area contributed by atoms with Crippen LogP contribution in [0.5, 0.6) is 0 Å². The van der Waals surface area contributed by atoms with Crippen molar-refractivity contribution in [3.8, 4) is 0 Å². The lowest BCUT2D eigenvalue weighted by Crippen LogP contribution is -1.92. The van der Waals surface area contributed by atoms with Crippen LogP contribution in [0.1, 0.15) is 0 Å². The highest BCUT2D eigenvalue weighted by Crippen LogP contribution is 2.15. The molecule has 0 fully saturated rings. The minimum atomic E-state index is 0.326. The summed E-state index contributed by atoms with van der Waals surface area (Å²) in [5.41, 5.74) is 2.81. The lowest BCUT2D eigenvalue weighted by atomic mass is 10.3. The Morgan fingerprint density at radius 3 is 2.40 bits per heavy atom. The van der Waals surface area contributed by atoms with Crippen molar-refractivity contribution in [1.82, 2.24) is 20.2 Å². The van der Waals surface area contributed by atoms with Crippen molar-refractivity contribution < 1.29 is 0 Å². The molecule has 0 saturated heterocycles. The molecule has 5 heteroatoms. The third-order valence-electron chi connectivity index (χ3n) is 2.07. The Labute approximate surface area is 89.9 Å². The second-order valence-electron chi connectivity index (χ2n) is 3.09. The zero-order valence-electron chi connectivity index (χ0n) is 7.55. The van der Waals surface area contributed by atoms with Gasteiger partial charge in [-0.2, -0.15) is 0 Å². The average molecular weight is 217 g/mol. The standard InChI is InChI=1S/C10H5ClN4/c11-9-5-8-10(15-14-9)13-7-4-2-1-3-6(7)12-8/h1-5H. The molecule has 0 N–H and O–H groups in total. The van der Waals surface area contributed by atoms with E-state index in [0.717, 1.165) is 11.0 Å². The fourth-order valence-electron chi connectivity index (χ4n) is 1.41. The molecule has 0 aliphatic carbocycles. The maximum absolute atomic E-state index is 5.73. The first kappa shape index (κ1) is 8.49. The minimum absolute atomic E-state index is 0.326. The summed E-state index contributed by atoms with van der Waals surface area (Å²) in [4.78, 5) is 8.71. The van der Waals surface area contributed by atoms with Crippen molar-refractivity contribution in [2.24, 2.45) is 0 Å². The average Bonchev–Trinajstić information content (AvgIpc) is 2.26. The fourth-order valence-corrected chi connectivity index (χ4v) is 1.55. The van der Waals surface area contributed by atoms with E-state index in [1.165, 1.54) is 0 Å². The quantitative estimate of drug-likeness (QED) is 0.541. The Kier molecular flexibility index (Phi) is 1.76. The summed E-state index contributed by atoms with van der Waals surface area (Å²) in [5.74, 6) is 0. The van der Waals surface area contributed by atoms with E-state index in [0.29, 0.717) is 16.3 Å². The van der Waals surface area contributed by atoms with Crippen molar-refractivity contribution in [2.45, 2.75) is 0 Å². The number of nitrogens with zero attached hydrogens (tertiary/aromatic N) is 4. The molecule has 72 valence electrons. The number of hydrogen-bond acceptors (Lipinski definition) is 4. The molecule has 3 aromatic rings. The molecule has 0 amide bonds. The van der Waals surface area contributed by atoms with E-state index in [2.05, 4.69) is 20.2 Å². The molecule has 0 saturated carbocycles. The van der Waals surface area contributed by atoms with Gasteiger partial charge in [0, 0.05) is 6.07 Å². The summed E-state index contributed by atoms with van der Waals surface area (Å²) in [6.45, 7) is 0. The van der Waals surface area contributed by atoms with Crippen molar-refractivity contribution in [3.05, 3.63) is 35.5 Å².